The fourth-order valence-corrected chi connectivity index (χ4v) is 8.98. The lowest BCUT2D eigenvalue weighted by molar-refractivity contribution is -0.412. The van der Waals surface area contributed by atoms with Gasteiger partial charge in [-0.2, -0.15) is 26.3 Å². The standard InChI is InChI=1S/C19H28F6O6Si/c1-28-32(29-2,30-3)14-10-11-8-12(14)9-13(11)15(26)31-16(6-4-5-7-16)17(27,18(20,21)22)19(23,24)25/h11-14,27H,4-10H2,1-3H3. The monoisotopic (exact) mass is 494 g/mol. The van der Waals surface area contributed by atoms with E-state index in [1.54, 1.807) is 0 Å². The summed E-state index contributed by atoms with van der Waals surface area (Å²) in [5, 5.41) is 10.0. The number of esters is 1. The van der Waals surface area contributed by atoms with Gasteiger partial charge in [0.2, 0.25) is 0 Å². The molecule has 3 rings (SSSR count). The van der Waals surface area contributed by atoms with Gasteiger partial charge in [-0.25, -0.2) is 0 Å². The number of alkyl halides is 6. The molecule has 3 saturated carbocycles. The summed E-state index contributed by atoms with van der Waals surface area (Å²) in [6.07, 6.45) is -12.4. The van der Waals surface area contributed by atoms with Gasteiger partial charge in [0.05, 0.1) is 5.92 Å². The van der Waals surface area contributed by atoms with Crippen LogP contribution in [-0.2, 0) is 22.8 Å². The number of aliphatic hydroxyl groups is 1. The van der Waals surface area contributed by atoms with Crippen LogP contribution < -0.4 is 0 Å². The average Bonchev–Trinajstić information content (AvgIpc) is 3.44. The van der Waals surface area contributed by atoms with Crippen LogP contribution in [0, 0.1) is 17.8 Å². The third-order valence-corrected chi connectivity index (χ3v) is 11.0. The SMILES string of the molecule is CO[Si](OC)(OC)C1CC2CC1CC2C(=O)OC1(C(O)(C(F)(F)F)C(F)(F)F)CCCC1. The summed E-state index contributed by atoms with van der Waals surface area (Å²) in [7, 11) is 1.34. The topological polar surface area (TPSA) is 74.2 Å². The number of carbonyl (C=O) groups excluding carboxylic acids is 1. The van der Waals surface area contributed by atoms with Crippen molar-refractivity contribution >= 4 is 14.8 Å². The minimum absolute atomic E-state index is 0.0236. The fourth-order valence-electron chi connectivity index (χ4n) is 6.13. The molecule has 0 aliphatic heterocycles. The van der Waals surface area contributed by atoms with Gasteiger partial charge in [-0.15, -0.1) is 0 Å². The van der Waals surface area contributed by atoms with Crippen molar-refractivity contribution in [1.82, 2.24) is 0 Å². The van der Waals surface area contributed by atoms with E-state index in [-0.39, 0.29) is 36.6 Å². The van der Waals surface area contributed by atoms with E-state index < -0.39 is 57.1 Å². The molecule has 0 spiro atoms. The van der Waals surface area contributed by atoms with Gasteiger partial charge in [0.15, 0.2) is 5.60 Å². The maximum absolute atomic E-state index is 13.6. The minimum Gasteiger partial charge on any atom is -0.455 e. The molecule has 0 aromatic heterocycles. The van der Waals surface area contributed by atoms with Gasteiger partial charge in [0.1, 0.15) is 0 Å². The fraction of sp³-hybridized carbons (Fsp3) is 0.947. The Kier molecular flexibility index (Phi) is 6.75. The number of hydrogen-bond donors (Lipinski definition) is 1. The Balaban J connectivity index is 1.83. The Bertz CT molecular complexity index is 681. The van der Waals surface area contributed by atoms with Gasteiger partial charge in [0, 0.05) is 26.9 Å². The lowest BCUT2D eigenvalue weighted by atomic mass is 9.79. The van der Waals surface area contributed by atoms with Gasteiger partial charge in [-0.1, -0.05) is 0 Å². The molecule has 3 aliphatic rings. The van der Waals surface area contributed by atoms with Crippen LogP contribution in [0.25, 0.3) is 0 Å². The zero-order valence-electron chi connectivity index (χ0n) is 18.0. The van der Waals surface area contributed by atoms with Gasteiger partial charge in [0.25, 0.3) is 5.60 Å². The van der Waals surface area contributed by atoms with Crippen LogP contribution in [0.4, 0.5) is 26.3 Å². The quantitative estimate of drug-likeness (QED) is 0.328. The summed E-state index contributed by atoms with van der Waals surface area (Å²) in [4.78, 5) is 12.9. The highest BCUT2D eigenvalue weighted by molar-refractivity contribution is 6.62. The number of ether oxygens (including phenoxy) is 1. The number of halogens is 6. The van der Waals surface area contributed by atoms with Crippen molar-refractivity contribution in [2.24, 2.45) is 17.8 Å². The molecule has 0 heterocycles. The molecule has 13 heteroatoms. The summed E-state index contributed by atoms with van der Waals surface area (Å²) < 4.78 is 103. The smallest absolute Gasteiger partial charge is 0.455 e. The Morgan fingerprint density at radius 3 is 1.75 bits per heavy atom. The molecule has 2 bridgehead atoms. The first-order valence-electron chi connectivity index (χ1n) is 10.5. The first kappa shape index (κ1) is 25.7. The normalized spacial score (nSPS) is 30.7. The molecule has 0 saturated heterocycles. The number of hydrogen-bond acceptors (Lipinski definition) is 6. The molecule has 0 amide bonds. The second-order valence-electron chi connectivity index (χ2n) is 8.98. The second-order valence-corrected chi connectivity index (χ2v) is 12.2. The molecule has 186 valence electrons. The third-order valence-electron chi connectivity index (χ3n) is 7.65. The van der Waals surface area contributed by atoms with E-state index >= 15 is 0 Å². The minimum atomic E-state index is -6.06. The van der Waals surface area contributed by atoms with E-state index in [4.69, 9.17) is 18.0 Å². The summed E-state index contributed by atoms with van der Waals surface area (Å²) >= 11 is 0. The Morgan fingerprint density at radius 2 is 1.38 bits per heavy atom. The summed E-state index contributed by atoms with van der Waals surface area (Å²) in [5.41, 5.74) is -8.35. The van der Waals surface area contributed by atoms with Crippen molar-refractivity contribution in [3.8, 4) is 0 Å². The molecule has 4 unspecified atom stereocenters. The summed E-state index contributed by atoms with van der Waals surface area (Å²) in [6, 6.07) is 0. The van der Waals surface area contributed by atoms with Crippen LogP contribution in [0.1, 0.15) is 44.9 Å². The second kappa shape index (κ2) is 8.40. The Morgan fingerprint density at radius 1 is 0.875 bits per heavy atom. The molecule has 3 fully saturated rings. The highest BCUT2D eigenvalue weighted by Crippen LogP contribution is 2.60. The Hall–Kier alpha value is -0.893. The van der Waals surface area contributed by atoms with Gasteiger partial charge < -0.3 is 23.1 Å². The first-order valence-corrected chi connectivity index (χ1v) is 12.3. The van der Waals surface area contributed by atoms with Crippen molar-refractivity contribution in [1.29, 1.82) is 0 Å². The Labute approximate surface area is 182 Å². The van der Waals surface area contributed by atoms with Crippen molar-refractivity contribution in [3.05, 3.63) is 0 Å². The van der Waals surface area contributed by atoms with Gasteiger partial charge >= 0.3 is 27.1 Å². The molecular formula is C19H28F6O6Si. The maximum Gasteiger partial charge on any atom is 0.503 e. The van der Waals surface area contributed by atoms with Crippen LogP contribution in [-0.4, -0.2) is 64.8 Å². The average molecular weight is 495 g/mol. The predicted molar refractivity (Wildman–Crippen MR) is 99.2 cm³/mol. The highest BCUT2D eigenvalue weighted by Gasteiger charge is 2.81. The highest BCUT2D eigenvalue weighted by atomic mass is 28.4. The van der Waals surface area contributed by atoms with Crippen LogP contribution in [0.15, 0.2) is 0 Å². The summed E-state index contributed by atoms with van der Waals surface area (Å²) in [6.45, 7) is 0. The van der Waals surface area contributed by atoms with Crippen molar-refractivity contribution in [2.75, 3.05) is 21.3 Å². The molecular weight excluding hydrogens is 466 g/mol. The lowest BCUT2D eigenvalue weighted by Gasteiger charge is -2.46. The van der Waals surface area contributed by atoms with E-state index in [1.165, 1.54) is 21.3 Å². The molecule has 1 N–H and O–H groups in total. The molecule has 0 aromatic rings. The zero-order chi connectivity index (χ0) is 24.2. The predicted octanol–water partition coefficient (Wildman–Crippen LogP) is 3.99. The van der Waals surface area contributed by atoms with E-state index in [2.05, 4.69) is 0 Å². The van der Waals surface area contributed by atoms with Crippen LogP contribution in [0.2, 0.25) is 5.54 Å². The van der Waals surface area contributed by atoms with Crippen molar-refractivity contribution < 1.29 is 54.3 Å². The largest absolute Gasteiger partial charge is 0.503 e. The summed E-state index contributed by atoms with van der Waals surface area (Å²) in [5.74, 6) is -2.36. The van der Waals surface area contributed by atoms with Crippen LogP contribution >= 0.6 is 0 Å². The first-order chi connectivity index (χ1) is 14.7. The van der Waals surface area contributed by atoms with Crippen molar-refractivity contribution in [3.63, 3.8) is 0 Å². The molecule has 4 atom stereocenters. The van der Waals surface area contributed by atoms with E-state index in [1.807, 2.05) is 0 Å². The maximum atomic E-state index is 13.6. The molecule has 6 nitrogen and oxygen atoms in total. The molecule has 0 aromatic carbocycles. The number of carbonyl (C=O) groups is 1. The number of rotatable bonds is 7. The number of fused-ring (bicyclic) bond motifs is 2. The van der Waals surface area contributed by atoms with Crippen LogP contribution in [0.3, 0.4) is 0 Å². The lowest BCUT2D eigenvalue weighted by Crippen LogP contribution is -2.71. The molecule has 0 radical (unpaired) electrons. The van der Waals surface area contributed by atoms with Gasteiger partial charge in [-0.05, 0) is 56.8 Å². The molecule has 32 heavy (non-hydrogen) atoms. The van der Waals surface area contributed by atoms with E-state index in [0.717, 1.165) is 0 Å². The molecule has 3 aliphatic carbocycles. The van der Waals surface area contributed by atoms with Gasteiger partial charge in [-0.3, -0.25) is 4.79 Å². The zero-order valence-corrected chi connectivity index (χ0v) is 19.0. The van der Waals surface area contributed by atoms with E-state index in [9.17, 15) is 36.2 Å². The van der Waals surface area contributed by atoms with Crippen molar-refractivity contribution in [2.45, 2.75) is 74.0 Å². The van der Waals surface area contributed by atoms with Crippen LogP contribution in [0.5, 0.6) is 0 Å². The third kappa shape index (κ3) is 3.67. The van der Waals surface area contributed by atoms with E-state index in [0.29, 0.717) is 12.8 Å².